The molecule has 0 atom stereocenters. The van der Waals surface area contributed by atoms with Crippen LogP contribution >= 0.6 is 11.3 Å². The summed E-state index contributed by atoms with van der Waals surface area (Å²) >= 11 is 1.36. The summed E-state index contributed by atoms with van der Waals surface area (Å²) in [7, 11) is 0. The smallest absolute Gasteiger partial charge is 0.258 e. The van der Waals surface area contributed by atoms with Gasteiger partial charge >= 0.3 is 0 Å². The van der Waals surface area contributed by atoms with Crippen molar-refractivity contribution in [2.24, 2.45) is 0 Å². The molecule has 0 aliphatic rings. The van der Waals surface area contributed by atoms with Gasteiger partial charge in [-0.3, -0.25) is 10.1 Å². The summed E-state index contributed by atoms with van der Waals surface area (Å²) in [6.45, 7) is 0. The second kappa shape index (κ2) is 8.01. The summed E-state index contributed by atoms with van der Waals surface area (Å²) in [5, 5.41) is 22.6. The molecule has 0 spiro atoms. The van der Waals surface area contributed by atoms with Crippen LogP contribution in [0.25, 0.3) is 22.9 Å². The van der Waals surface area contributed by atoms with Crippen molar-refractivity contribution in [3.8, 4) is 17.3 Å². The SMILES string of the molecule is N#C/C(=C/C=C/c1ccccc1)c1nc(-c2ccc([N+](=O)[O-])cc2)cs1. The average molecular weight is 359 g/mol. The fraction of sp³-hybridized carbons (Fsp3) is 0. The number of nitro benzene ring substituents is 1. The summed E-state index contributed by atoms with van der Waals surface area (Å²) in [4.78, 5) is 14.8. The number of benzene rings is 2. The van der Waals surface area contributed by atoms with Crippen molar-refractivity contribution < 1.29 is 4.92 Å². The molecule has 0 aliphatic carbocycles. The highest BCUT2D eigenvalue weighted by Crippen LogP contribution is 2.27. The summed E-state index contributed by atoms with van der Waals surface area (Å²) in [5.41, 5.74) is 3.01. The third-order valence-corrected chi connectivity index (χ3v) is 4.46. The highest BCUT2D eigenvalue weighted by atomic mass is 32.1. The van der Waals surface area contributed by atoms with Crippen molar-refractivity contribution in [2.75, 3.05) is 0 Å². The van der Waals surface area contributed by atoms with Crippen molar-refractivity contribution in [1.29, 1.82) is 5.26 Å². The number of nitrogens with zero attached hydrogens (tertiary/aromatic N) is 3. The monoisotopic (exact) mass is 359 g/mol. The van der Waals surface area contributed by atoms with Gasteiger partial charge in [0.15, 0.2) is 0 Å². The van der Waals surface area contributed by atoms with Gasteiger partial charge < -0.3 is 0 Å². The van der Waals surface area contributed by atoms with E-state index < -0.39 is 4.92 Å². The van der Waals surface area contributed by atoms with Crippen LogP contribution in [-0.2, 0) is 0 Å². The van der Waals surface area contributed by atoms with Gasteiger partial charge in [-0.1, -0.05) is 42.5 Å². The van der Waals surface area contributed by atoms with E-state index >= 15 is 0 Å². The van der Waals surface area contributed by atoms with Gasteiger partial charge in [-0.05, 0) is 23.8 Å². The Hall–Kier alpha value is -3.56. The molecule has 2 aromatic carbocycles. The number of nitriles is 1. The maximum Gasteiger partial charge on any atom is 0.269 e. The Labute approximate surface area is 154 Å². The van der Waals surface area contributed by atoms with E-state index in [2.05, 4.69) is 11.1 Å². The van der Waals surface area contributed by atoms with E-state index in [-0.39, 0.29) is 5.69 Å². The van der Waals surface area contributed by atoms with E-state index in [0.717, 1.165) is 11.1 Å². The molecule has 1 aromatic heterocycles. The predicted octanol–water partition coefficient (Wildman–Crippen LogP) is 5.34. The number of rotatable bonds is 5. The lowest BCUT2D eigenvalue weighted by Crippen LogP contribution is -1.87. The highest BCUT2D eigenvalue weighted by molar-refractivity contribution is 7.11. The summed E-state index contributed by atoms with van der Waals surface area (Å²) < 4.78 is 0. The number of hydrogen-bond acceptors (Lipinski definition) is 5. The maximum atomic E-state index is 10.7. The lowest BCUT2D eigenvalue weighted by molar-refractivity contribution is -0.384. The number of thiazole rings is 1. The average Bonchev–Trinajstić information content (AvgIpc) is 3.16. The normalized spacial score (nSPS) is 11.4. The van der Waals surface area contributed by atoms with E-state index in [1.54, 1.807) is 18.2 Å². The molecule has 0 fully saturated rings. The second-order valence-electron chi connectivity index (χ2n) is 5.30. The molecule has 1 heterocycles. The Bertz CT molecular complexity index is 1010. The Morgan fingerprint density at radius 1 is 1.15 bits per heavy atom. The molecule has 0 bridgehead atoms. The summed E-state index contributed by atoms with van der Waals surface area (Å²) in [6, 6.07) is 18.2. The zero-order chi connectivity index (χ0) is 18.4. The van der Waals surface area contributed by atoms with Crippen molar-refractivity contribution in [2.45, 2.75) is 0 Å². The molecule has 3 aromatic rings. The topological polar surface area (TPSA) is 79.8 Å². The number of nitro groups is 1. The van der Waals surface area contributed by atoms with Crippen LogP contribution < -0.4 is 0 Å². The van der Waals surface area contributed by atoms with Gasteiger partial charge in [0.25, 0.3) is 5.69 Å². The van der Waals surface area contributed by atoms with Crippen LogP contribution in [0.1, 0.15) is 10.6 Å². The van der Waals surface area contributed by atoms with Crippen molar-refractivity contribution in [1.82, 2.24) is 4.98 Å². The molecular formula is C20H13N3O2S. The molecule has 126 valence electrons. The first-order valence-corrected chi connectivity index (χ1v) is 8.59. The highest BCUT2D eigenvalue weighted by Gasteiger charge is 2.10. The van der Waals surface area contributed by atoms with Crippen LogP contribution in [-0.4, -0.2) is 9.91 Å². The third kappa shape index (κ3) is 4.09. The molecule has 0 radical (unpaired) electrons. The zero-order valence-electron chi connectivity index (χ0n) is 13.6. The molecule has 0 saturated heterocycles. The van der Waals surface area contributed by atoms with Crippen LogP contribution in [0.3, 0.4) is 0 Å². The van der Waals surface area contributed by atoms with Crippen molar-refractivity contribution in [3.63, 3.8) is 0 Å². The van der Waals surface area contributed by atoms with Crippen molar-refractivity contribution in [3.05, 3.63) is 92.8 Å². The van der Waals surface area contributed by atoms with Gasteiger partial charge in [0.2, 0.25) is 0 Å². The summed E-state index contributed by atoms with van der Waals surface area (Å²) in [5.74, 6) is 0. The van der Waals surface area contributed by atoms with E-state index in [1.807, 2.05) is 47.9 Å². The quantitative estimate of drug-likeness (QED) is 0.266. The standard InChI is InChI=1S/C20H13N3O2S/c21-13-17(8-4-7-15-5-2-1-3-6-15)20-22-19(14-26-20)16-9-11-18(12-10-16)23(24)25/h1-12,14H/b7-4+,17-8-. The van der Waals surface area contributed by atoms with Gasteiger partial charge in [0.1, 0.15) is 11.1 Å². The molecule has 3 rings (SSSR count). The fourth-order valence-electron chi connectivity index (χ4n) is 2.26. The second-order valence-corrected chi connectivity index (χ2v) is 6.16. The lowest BCUT2D eigenvalue weighted by Gasteiger charge is -1.96. The first kappa shape index (κ1) is 17.3. The maximum absolute atomic E-state index is 10.7. The molecular weight excluding hydrogens is 346 g/mol. The van der Waals surface area contributed by atoms with E-state index in [1.165, 1.54) is 23.5 Å². The fourth-order valence-corrected chi connectivity index (χ4v) is 3.06. The Morgan fingerprint density at radius 2 is 1.88 bits per heavy atom. The molecule has 0 N–H and O–H groups in total. The largest absolute Gasteiger partial charge is 0.269 e. The van der Waals surface area contributed by atoms with Crippen LogP contribution in [0.15, 0.2) is 72.1 Å². The molecule has 6 heteroatoms. The van der Waals surface area contributed by atoms with Gasteiger partial charge in [0, 0.05) is 23.1 Å². The first-order chi connectivity index (χ1) is 12.7. The number of allylic oxidation sites excluding steroid dienone is 3. The van der Waals surface area contributed by atoms with Crippen LogP contribution in [0.2, 0.25) is 0 Å². The minimum Gasteiger partial charge on any atom is -0.258 e. The number of non-ortho nitro benzene ring substituents is 1. The van der Waals surface area contributed by atoms with E-state index in [0.29, 0.717) is 16.3 Å². The van der Waals surface area contributed by atoms with E-state index in [4.69, 9.17) is 0 Å². The van der Waals surface area contributed by atoms with Crippen LogP contribution in [0, 0.1) is 21.4 Å². The van der Waals surface area contributed by atoms with Gasteiger partial charge in [-0.15, -0.1) is 11.3 Å². The third-order valence-electron chi connectivity index (χ3n) is 3.58. The van der Waals surface area contributed by atoms with Crippen molar-refractivity contribution >= 4 is 28.7 Å². The summed E-state index contributed by atoms with van der Waals surface area (Å²) in [6.07, 6.45) is 5.47. The molecule has 0 aliphatic heterocycles. The molecule has 26 heavy (non-hydrogen) atoms. The number of aromatic nitrogens is 1. The van der Waals surface area contributed by atoms with Crippen LogP contribution in [0.4, 0.5) is 5.69 Å². The Balaban J connectivity index is 1.80. The first-order valence-electron chi connectivity index (χ1n) is 7.71. The minimum atomic E-state index is -0.439. The minimum absolute atomic E-state index is 0.0351. The molecule has 0 saturated carbocycles. The van der Waals surface area contributed by atoms with Crippen LogP contribution in [0.5, 0.6) is 0 Å². The number of hydrogen-bond donors (Lipinski definition) is 0. The van der Waals surface area contributed by atoms with Gasteiger partial charge in [-0.25, -0.2) is 4.98 Å². The lowest BCUT2D eigenvalue weighted by atomic mass is 10.1. The Kier molecular flexibility index (Phi) is 5.32. The van der Waals surface area contributed by atoms with Gasteiger partial charge in [-0.2, -0.15) is 5.26 Å². The predicted molar refractivity (Wildman–Crippen MR) is 103 cm³/mol. The Morgan fingerprint density at radius 3 is 2.54 bits per heavy atom. The molecule has 0 unspecified atom stereocenters. The van der Waals surface area contributed by atoms with E-state index in [9.17, 15) is 15.4 Å². The zero-order valence-corrected chi connectivity index (χ0v) is 14.4. The molecule has 0 amide bonds. The van der Waals surface area contributed by atoms with Gasteiger partial charge in [0.05, 0.1) is 16.2 Å². The molecule has 5 nitrogen and oxygen atoms in total.